The van der Waals surface area contributed by atoms with E-state index in [2.05, 4.69) is 0 Å². The number of phenols is 1. The number of rotatable bonds is 7. The molecule has 0 fully saturated rings. The molecule has 2 aromatic carbocycles. The Bertz CT molecular complexity index is 783. The van der Waals surface area contributed by atoms with Crippen LogP contribution in [0.5, 0.6) is 11.5 Å². The fourth-order valence-corrected chi connectivity index (χ4v) is 3.27. The lowest BCUT2D eigenvalue weighted by atomic mass is 10.2. The second-order valence-corrected chi connectivity index (χ2v) is 6.93. The van der Waals surface area contributed by atoms with E-state index in [0.29, 0.717) is 0 Å². The minimum Gasteiger partial charge on any atom is -0.507 e. The zero-order valence-electron chi connectivity index (χ0n) is 12.2. The van der Waals surface area contributed by atoms with Crippen molar-refractivity contribution >= 4 is 15.8 Å². The summed E-state index contributed by atoms with van der Waals surface area (Å²) in [5.41, 5.74) is -0.264. The first-order valence-corrected chi connectivity index (χ1v) is 8.52. The van der Waals surface area contributed by atoms with Gasteiger partial charge in [-0.15, -0.1) is 0 Å². The van der Waals surface area contributed by atoms with E-state index < -0.39 is 15.8 Å². The van der Waals surface area contributed by atoms with Gasteiger partial charge in [-0.25, -0.2) is 13.2 Å². The molecule has 0 radical (unpaired) electrons. The van der Waals surface area contributed by atoms with Crippen molar-refractivity contribution in [1.29, 1.82) is 0 Å². The Morgan fingerprint density at radius 2 is 1.78 bits per heavy atom. The Labute approximate surface area is 133 Å². The summed E-state index contributed by atoms with van der Waals surface area (Å²) in [4.78, 5) is 11.2. The van der Waals surface area contributed by atoms with Crippen LogP contribution in [0.25, 0.3) is 0 Å². The van der Waals surface area contributed by atoms with Crippen LogP contribution in [0.4, 0.5) is 0 Å². The van der Waals surface area contributed by atoms with E-state index in [0.717, 1.165) is 0 Å². The molecule has 0 saturated heterocycles. The average Bonchev–Trinajstić information content (AvgIpc) is 2.53. The summed E-state index contributed by atoms with van der Waals surface area (Å²) >= 11 is 0. The molecule has 0 amide bonds. The molecule has 2 rings (SSSR count). The Kier molecular flexibility index (Phi) is 5.23. The van der Waals surface area contributed by atoms with E-state index in [1.165, 1.54) is 30.3 Å². The quantitative estimate of drug-likeness (QED) is 0.753. The van der Waals surface area contributed by atoms with E-state index in [1.54, 1.807) is 18.2 Å². The van der Waals surface area contributed by atoms with Crippen LogP contribution in [0.15, 0.2) is 53.4 Å². The number of carbonyl (C=O) groups is 1. The molecule has 0 atom stereocenters. The molecule has 0 spiro atoms. The molecule has 0 unspecified atom stereocenters. The van der Waals surface area contributed by atoms with Crippen LogP contribution in [-0.4, -0.2) is 37.0 Å². The summed E-state index contributed by atoms with van der Waals surface area (Å²) in [6.07, 6.45) is 0.264. The van der Waals surface area contributed by atoms with Crippen molar-refractivity contribution in [1.82, 2.24) is 0 Å². The Morgan fingerprint density at radius 1 is 1.09 bits per heavy atom. The predicted molar refractivity (Wildman–Crippen MR) is 83.7 cm³/mol. The molecule has 23 heavy (non-hydrogen) atoms. The molecular formula is C16H16O6S. The van der Waals surface area contributed by atoms with Gasteiger partial charge in [-0.1, -0.05) is 18.2 Å². The van der Waals surface area contributed by atoms with Gasteiger partial charge in [0.1, 0.15) is 17.1 Å². The normalized spacial score (nSPS) is 11.1. The van der Waals surface area contributed by atoms with E-state index in [-0.39, 0.29) is 40.7 Å². The predicted octanol–water partition coefficient (Wildman–Crippen LogP) is 2.33. The van der Waals surface area contributed by atoms with E-state index in [1.807, 2.05) is 0 Å². The highest BCUT2D eigenvalue weighted by atomic mass is 32.2. The first-order chi connectivity index (χ1) is 10.9. The van der Waals surface area contributed by atoms with Gasteiger partial charge in [-0.05, 0) is 36.8 Å². The van der Waals surface area contributed by atoms with Crippen molar-refractivity contribution in [2.45, 2.75) is 11.3 Å². The monoisotopic (exact) mass is 336 g/mol. The number of carboxylic acids is 1. The highest BCUT2D eigenvalue weighted by Gasteiger charge is 2.14. The van der Waals surface area contributed by atoms with Crippen molar-refractivity contribution in [3.8, 4) is 11.5 Å². The second kappa shape index (κ2) is 7.15. The molecular weight excluding hydrogens is 320 g/mol. The number of sulfone groups is 1. The molecule has 0 saturated carbocycles. The van der Waals surface area contributed by atoms with Crippen LogP contribution in [-0.2, 0) is 9.84 Å². The summed E-state index contributed by atoms with van der Waals surface area (Å²) in [5, 5.41) is 18.3. The van der Waals surface area contributed by atoms with Crippen molar-refractivity contribution in [2.24, 2.45) is 0 Å². The molecule has 0 aromatic heterocycles. The summed E-state index contributed by atoms with van der Waals surface area (Å²) < 4.78 is 29.5. The molecule has 0 aliphatic rings. The molecule has 0 bridgehead atoms. The van der Waals surface area contributed by atoms with Crippen LogP contribution >= 0.6 is 0 Å². The van der Waals surface area contributed by atoms with Crippen LogP contribution in [0.3, 0.4) is 0 Å². The molecule has 7 heteroatoms. The summed E-state index contributed by atoms with van der Waals surface area (Å²) in [7, 11) is -3.36. The van der Waals surface area contributed by atoms with Gasteiger partial charge in [0.05, 0.1) is 17.3 Å². The van der Waals surface area contributed by atoms with Gasteiger partial charge >= 0.3 is 5.97 Å². The van der Waals surface area contributed by atoms with Crippen LogP contribution in [0.2, 0.25) is 0 Å². The van der Waals surface area contributed by atoms with Crippen molar-refractivity contribution in [3.05, 3.63) is 54.1 Å². The Morgan fingerprint density at radius 3 is 2.43 bits per heavy atom. The van der Waals surface area contributed by atoms with Crippen LogP contribution < -0.4 is 4.74 Å². The van der Waals surface area contributed by atoms with E-state index in [4.69, 9.17) is 9.84 Å². The lowest BCUT2D eigenvalue weighted by Crippen LogP contribution is -2.10. The van der Waals surface area contributed by atoms with Gasteiger partial charge in [0.2, 0.25) is 0 Å². The van der Waals surface area contributed by atoms with Gasteiger partial charge in [0, 0.05) is 0 Å². The van der Waals surface area contributed by atoms with Crippen molar-refractivity contribution in [3.63, 3.8) is 0 Å². The molecule has 122 valence electrons. The maximum absolute atomic E-state index is 12.1. The maximum Gasteiger partial charge on any atom is 0.339 e. The number of benzene rings is 2. The number of aromatic hydroxyl groups is 1. The number of ether oxygens (including phenoxy) is 1. The molecule has 0 heterocycles. The lowest BCUT2D eigenvalue weighted by molar-refractivity contribution is 0.0693. The number of aromatic carboxylic acids is 1. The highest BCUT2D eigenvalue weighted by Crippen LogP contribution is 2.23. The second-order valence-electron chi connectivity index (χ2n) is 4.82. The lowest BCUT2D eigenvalue weighted by Gasteiger charge is -2.08. The third-order valence-corrected chi connectivity index (χ3v) is 4.94. The number of carboxylic acid groups (broad SMARTS) is 1. The van der Waals surface area contributed by atoms with Gasteiger partial charge in [-0.3, -0.25) is 0 Å². The zero-order chi connectivity index (χ0) is 16.9. The van der Waals surface area contributed by atoms with Gasteiger partial charge < -0.3 is 14.9 Å². The highest BCUT2D eigenvalue weighted by molar-refractivity contribution is 7.91. The standard InChI is InChI=1S/C16H16O6S/c17-15-8-7-12(11-14(15)16(18)19)22-9-4-10-23(20,21)13-5-2-1-3-6-13/h1-3,5-8,11,17H,4,9-10H2,(H,18,19). The van der Waals surface area contributed by atoms with E-state index in [9.17, 15) is 18.3 Å². The van der Waals surface area contributed by atoms with Gasteiger partial charge in [0.25, 0.3) is 0 Å². The van der Waals surface area contributed by atoms with E-state index >= 15 is 0 Å². The first kappa shape index (κ1) is 16.8. The third-order valence-electron chi connectivity index (χ3n) is 3.13. The molecule has 2 aromatic rings. The minimum atomic E-state index is -3.36. The molecule has 2 N–H and O–H groups in total. The van der Waals surface area contributed by atoms with Crippen LogP contribution in [0.1, 0.15) is 16.8 Å². The zero-order valence-corrected chi connectivity index (χ0v) is 13.0. The molecule has 6 nitrogen and oxygen atoms in total. The SMILES string of the molecule is O=C(O)c1cc(OCCCS(=O)(=O)c2ccccc2)ccc1O. The smallest absolute Gasteiger partial charge is 0.339 e. The summed E-state index contributed by atoms with van der Waals surface area (Å²) in [6, 6.07) is 12.0. The number of hydrogen-bond donors (Lipinski definition) is 2. The molecule has 0 aliphatic carbocycles. The first-order valence-electron chi connectivity index (χ1n) is 6.87. The van der Waals surface area contributed by atoms with Crippen molar-refractivity contribution < 1.29 is 28.2 Å². The fourth-order valence-electron chi connectivity index (χ4n) is 1.96. The summed E-state index contributed by atoms with van der Waals surface area (Å²) in [6.45, 7) is 0.121. The Hall–Kier alpha value is -2.54. The maximum atomic E-state index is 12.1. The average molecular weight is 336 g/mol. The number of hydrogen-bond acceptors (Lipinski definition) is 5. The molecule has 0 aliphatic heterocycles. The third kappa shape index (κ3) is 4.46. The summed E-state index contributed by atoms with van der Waals surface area (Å²) in [5.74, 6) is -1.42. The minimum absolute atomic E-state index is 0.0686. The van der Waals surface area contributed by atoms with Crippen molar-refractivity contribution in [2.75, 3.05) is 12.4 Å². The topological polar surface area (TPSA) is 101 Å². The van der Waals surface area contributed by atoms with Crippen LogP contribution in [0, 0.1) is 0 Å². The van der Waals surface area contributed by atoms with Gasteiger partial charge in [0.15, 0.2) is 9.84 Å². The van der Waals surface area contributed by atoms with Gasteiger partial charge in [-0.2, -0.15) is 0 Å². The fraction of sp³-hybridized carbons (Fsp3) is 0.188. The Balaban J connectivity index is 1.91. The largest absolute Gasteiger partial charge is 0.507 e.